The number of carbonyl (C=O) groups is 1. The van der Waals surface area contributed by atoms with E-state index < -0.39 is 0 Å². The van der Waals surface area contributed by atoms with Crippen molar-refractivity contribution < 1.29 is 9.53 Å². The Morgan fingerprint density at radius 3 is 2.64 bits per heavy atom. The monoisotopic (exact) mass is 159 g/mol. The molecule has 0 aromatic rings. The highest BCUT2D eigenvalue weighted by Gasteiger charge is 2.05. The molecule has 0 spiro atoms. The zero-order chi connectivity index (χ0) is 8.69. The molecule has 0 aromatic heterocycles. The zero-order valence-corrected chi connectivity index (χ0v) is 7.52. The van der Waals surface area contributed by atoms with Crippen molar-refractivity contribution in [2.45, 2.75) is 32.8 Å². The lowest BCUT2D eigenvalue weighted by molar-refractivity contribution is -0.119. The van der Waals surface area contributed by atoms with Crippen molar-refractivity contribution in [3.63, 3.8) is 0 Å². The Kier molecular flexibility index (Phi) is 5.84. The standard InChI is InChI=1S/C8H17NO2/c1-4-5-8(11-3)6-9-7(2)10/h8H,4-6H2,1-3H3,(H,9,10). The predicted molar refractivity (Wildman–Crippen MR) is 44.4 cm³/mol. The second-order valence-corrected chi connectivity index (χ2v) is 2.58. The zero-order valence-electron chi connectivity index (χ0n) is 7.52. The fourth-order valence-electron chi connectivity index (χ4n) is 0.883. The van der Waals surface area contributed by atoms with Gasteiger partial charge in [0.1, 0.15) is 0 Å². The summed E-state index contributed by atoms with van der Waals surface area (Å²) in [5.74, 6) is 0.00292. The van der Waals surface area contributed by atoms with Gasteiger partial charge in [0.25, 0.3) is 0 Å². The van der Waals surface area contributed by atoms with Crippen LogP contribution in [0.1, 0.15) is 26.7 Å². The molecule has 1 amide bonds. The molecule has 11 heavy (non-hydrogen) atoms. The number of rotatable bonds is 5. The third kappa shape index (κ3) is 5.85. The summed E-state index contributed by atoms with van der Waals surface area (Å²) in [6.07, 6.45) is 2.25. The number of hydrogen-bond donors (Lipinski definition) is 1. The van der Waals surface area contributed by atoms with Crippen molar-refractivity contribution in [1.29, 1.82) is 0 Å². The van der Waals surface area contributed by atoms with Gasteiger partial charge in [0.2, 0.25) is 5.91 Å². The molecule has 0 heterocycles. The molecule has 1 N–H and O–H groups in total. The van der Waals surface area contributed by atoms with Crippen LogP contribution in [0.3, 0.4) is 0 Å². The van der Waals surface area contributed by atoms with Gasteiger partial charge in [0.05, 0.1) is 6.10 Å². The minimum Gasteiger partial charge on any atom is -0.380 e. The Hall–Kier alpha value is -0.570. The molecule has 0 saturated heterocycles. The van der Waals surface area contributed by atoms with Crippen LogP contribution in [0.5, 0.6) is 0 Å². The number of nitrogens with one attached hydrogen (secondary N) is 1. The van der Waals surface area contributed by atoms with Crippen LogP contribution in [-0.4, -0.2) is 25.7 Å². The molecule has 3 heteroatoms. The van der Waals surface area contributed by atoms with E-state index >= 15 is 0 Å². The lowest BCUT2D eigenvalue weighted by Gasteiger charge is -2.13. The van der Waals surface area contributed by atoms with E-state index in [1.165, 1.54) is 6.92 Å². The van der Waals surface area contributed by atoms with Crippen molar-refractivity contribution in [1.82, 2.24) is 5.32 Å². The maximum atomic E-state index is 10.5. The van der Waals surface area contributed by atoms with Gasteiger partial charge in [0.15, 0.2) is 0 Å². The Morgan fingerprint density at radius 2 is 2.27 bits per heavy atom. The first-order valence-corrected chi connectivity index (χ1v) is 3.98. The molecule has 0 aliphatic rings. The molecule has 0 bridgehead atoms. The third-order valence-electron chi connectivity index (χ3n) is 1.52. The molecule has 0 fully saturated rings. The quantitative estimate of drug-likeness (QED) is 0.648. The molecule has 1 unspecified atom stereocenters. The van der Waals surface area contributed by atoms with Crippen LogP contribution < -0.4 is 5.32 Å². The number of hydrogen-bond acceptors (Lipinski definition) is 2. The molecular formula is C8H17NO2. The van der Waals surface area contributed by atoms with Crippen LogP contribution in [0.4, 0.5) is 0 Å². The maximum absolute atomic E-state index is 10.5. The number of ether oxygens (including phenoxy) is 1. The molecule has 3 nitrogen and oxygen atoms in total. The molecule has 0 rings (SSSR count). The molecule has 0 aliphatic heterocycles. The fraction of sp³-hybridized carbons (Fsp3) is 0.875. The van der Waals surface area contributed by atoms with Crippen LogP contribution in [-0.2, 0) is 9.53 Å². The van der Waals surface area contributed by atoms with Gasteiger partial charge in [-0.05, 0) is 6.42 Å². The SMILES string of the molecule is CCCC(CNC(C)=O)OC. The smallest absolute Gasteiger partial charge is 0.216 e. The molecule has 0 radical (unpaired) electrons. The topological polar surface area (TPSA) is 38.3 Å². The van der Waals surface area contributed by atoms with E-state index in [1.54, 1.807) is 7.11 Å². The van der Waals surface area contributed by atoms with E-state index in [1.807, 2.05) is 0 Å². The first-order chi connectivity index (χ1) is 5.20. The average Bonchev–Trinajstić information content (AvgIpc) is 1.97. The van der Waals surface area contributed by atoms with Gasteiger partial charge in [-0.1, -0.05) is 13.3 Å². The highest BCUT2D eigenvalue weighted by atomic mass is 16.5. The summed E-state index contributed by atoms with van der Waals surface area (Å²) in [6, 6.07) is 0. The Morgan fingerprint density at radius 1 is 1.64 bits per heavy atom. The van der Waals surface area contributed by atoms with Gasteiger partial charge in [-0.25, -0.2) is 0 Å². The maximum Gasteiger partial charge on any atom is 0.216 e. The van der Waals surface area contributed by atoms with E-state index in [0.29, 0.717) is 6.54 Å². The molecule has 1 atom stereocenters. The van der Waals surface area contributed by atoms with E-state index in [4.69, 9.17) is 4.74 Å². The molecule has 66 valence electrons. The van der Waals surface area contributed by atoms with Crippen LogP contribution in [0.25, 0.3) is 0 Å². The van der Waals surface area contributed by atoms with E-state index in [9.17, 15) is 4.79 Å². The van der Waals surface area contributed by atoms with Gasteiger partial charge < -0.3 is 10.1 Å². The van der Waals surface area contributed by atoms with Gasteiger partial charge in [-0.3, -0.25) is 4.79 Å². The summed E-state index contributed by atoms with van der Waals surface area (Å²) in [4.78, 5) is 10.5. The summed E-state index contributed by atoms with van der Waals surface area (Å²) >= 11 is 0. The highest BCUT2D eigenvalue weighted by molar-refractivity contribution is 5.72. The van der Waals surface area contributed by atoms with Crippen molar-refractivity contribution >= 4 is 5.91 Å². The Bertz CT molecular complexity index is 115. The van der Waals surface area contributed by atoms with Crippen molar-refractivity contribution in [2.75, 3.05) is 13.7 Å². The van der Waals surface area contributed by atoms with Gasteiger partial charge in [-0.2, -0.15) is 0 Å². The largest absolute Gasteiger partial charge is 0.380 e. The summed E-state index contributed by atoms with van der Waals surface area (Å²) in [5, 5.41) is 2.72. The summed E-state index contributed by atoms with van der Waals surface area (Å²) in [6.45, 7) is 4.23. The van der Waals surface area contributed by atoms with Crippen LogP contribution in [0, 0.1) is 0 Å². The van der Waals surface area contributed by atoms with Gasteiger partial charge in [0, 0.05) is 20.6 Å². The number of methoxy groups -OCH3 is 1. The van der Waals surface area contributed by atoms with Crippen molar-refractivity contribution in [2.24, 2.45) is 0 Å². The second-order valence-electron chi connectivity index (χ2n) is 2.58. The normalized spacial score (nSPS) is 12.6. The second kappa shape index (κ2) is 6.16. The van der Waals surface area contributed by atoms with E-state index in [2.05, 4.69) is 12.2 Å². The molecule has 0 aliphatic carbocycles. The van der Waals surface area contributed by atoms with Gasteiger partial charge >= 0.3 is 0 Å². The number of carbonyl (C=O) groups excluding carboxylic acids is 1. The van der Waals surface area contributed by atoms with E-state index in [0.717, 1.165) is 12.8 Å². The van der Waals surface area contributed by atoms with Crippen LogP contribution in [0.15, 0.2) is 0 Å². The number of amides is 1. The lowest BCUT2D eigenvalue weighted by Crippen LogP contribution is -2.31. The Balaban J connectivity index is 3.43. The Labute approximate surface area is 68.1 Å². The first-order valence-electron chi connectivity index (χ1n) is 3.98. The summed E-state index contributed by atoms with van der Waals surface area (Å²) in [5.41, 5.74) is 0. The van der Waals surface area contributed by atoms with Crippen LogP contribution >= 0.6 is 0 Å². The first kappa shape index (κ1) is 10.4. The van der Waals surface area contributed by atoms with E-state index in [-0.39, 0.29) is 12.0 Å². The average molecular weight is 159 g/mol. The third-order valence-corrected chi connectivity index (χ3v) is 1.52. The molecular weight excluding hydrogens is 142 g/mol. The summed E-state index contributed by atoms with van der Waals surface area (Å²) < 4.78 is 5.13. The summed E-state index contributed by atoms with van der Waals surface area (Å²) in [7, 11) is 1.67. The van der Waals surface area contributed by atoms with Crippen molar-refractivity contribution in [3.8, 4) is 0 Å². The molecule has 0 aromatic carbocycles. The van der Waals surface area contributed by atoms with Crippen LogP contribution in [0.2, 0.25) is 0 Å². The van der Waals surface area contributed by atoms with Crippen molar-refractivity contribution in [3.05, 3.63) is 0 Å². The predicted octanol–water partition coefficient (Wildman–Crippen LogP) is 0.938. The molecule has 0 saturated carbocycles. The highest BCUT2D eigenvalue weighted by Crippen LogP contribution is 1.98. The van der Waals surface area contributed by atoms with Gasteiger partial charge in [-0.15, -0.1) is 0 Å². The fourth-order valence-corrected chi connectivity index (χ4v) is 0.883. The minimum absolute atomic E-state index is 0.00292. The lowest BCUT2D eigenvalue weighted by atomic mass is 10.2. The minimum atomic E-state index is 0.00292.